The van der Waals surface area contributed by atoms with Crippen molar-refractivity contribution in [2.45, 2.75) is 32.9 Å². The minimum absolute atomic E-state index is 0.0772. The molecule has 0 radical (unpaired) electrons. The molecule has 1 fully saturated rings. The number of aryl methyl sites for hydroxylation is 3. The van der Waals surface area contributed by atoms with E-state index in [1.165, 1.54) is 5.69 Å². The Morgan fingerprint density at radius 2 is 2.25 bits per heavy atom. The third-order valence-electron chi connectivity index (χ3n) is 2.95. The normalized spacial score (nSPS) is 20.1. The molecule has 2 N–H and O–H groups in total. The maximum atomic E-state index is 11.3. The van der Waals surface area contributed by atoms with Crippen LogP contribution in [0, 0.1) is 13.8 Å². The van der Waals surface area contributed by atoms with Crippen molar-refractivity contribution >= 4 is 5.91 Å². The van der Waals surface area contributed by atoms with Gasteiger partial charge in [-0.2, -0.15) is 5.10 Å². The molecule has 16 heavy (non-hydrogen) atoms. The molecule has 2 rings (SSSR count). The van der Waals surface area contributed by atoms with E-state index in [1.807, 2.05) is 18.5 Å². The number of carbonyl (C=O) groups is 1. The number of nitrogens with zero attached hydrogens (tertiary/aromatic N) is 3. The zero-order valence-electron chi connectivity index (χ0n) is 9.81. The third-order valence-corrected chi connectivity index (χ3v) is 2.95. The zero-order valence-corrected chi connectivity index (χ0v) is 9.81. The van der Waals surface area contributed by atoms with Crippen LogP contribution in [0.1, 0.15) is 17.8 Å². The average molecular weight is 222 g/mol. The molecule has 0 aliphatic carbocycles. The van der Waals surface area contributed by atoms with Gasteiger partial charge in [0.1, 0.15) is 6.04 Å². The van der Waals surface area contributed by atoms with E-state index in [4.69, 9.17) is 5.73 Å². The second kappa shape index (κ2) is 4.25. The summed E-state index contributed by atoms with van der Waals surface area (Å²) in [6.45, 7) is 6.38. The summed E-state index contributed by atoms with van der Waals surface area (Å²) in [6.07, 6.45) is 0.931. The van der Waals surface area contributed by atoms with E-state index in [1.54, 1.807) is 4.90 Å². The molecule has 5 nitrogen and oxygen atoms in total. The van der Waals surface area contributed by atoms with Gasteiger partial charge < -0.3 is 10.6 Å². The number of likely N-dealkylation sites (tertiary alicyclic amines) is 1. The standard InChI is InChI=1S/C11H18N4O/c1-8-6-9(2)15(13-8)5-3-4-14-7-10(12)11(14)16/h6,10H,3-5,7,12H2,1-2H3. The van der Waals surface area contributed by atoms with E-state index in [0.29, 0.717) is 6.54 Å². The summed E-state index contributed by atoms with van der Waals surface area (Å²) < 4.78 is 1.99. The molecule has 1 atom stereocenters. The van der Waals surface area contributed by atoms with Gasteiger partial charge in [0.25, 0.3) is 0 Å². The SMILES string of the molecule is Cc1cc(C)n(CCCN2CC(N)C2=O)n1. The molecule has 1 aliphatic heterocycles. The second-order valence-electron chi connectivity index (χ2n) is 4.39. The Morgan fingerprint density at radius 1 is 1.50 bits per heavy atom. The number of amides is 1. The Kier molecular flexibility index (Phi) is 2.96. The predicted octanol–water partition coefficient (Wildman–Crippen LogP) is 0.0595. The minimum Gasteiger partial charge on any atom is -0.339 e. The first kappa shape index (κ1) is 11.1. The number of rotatable bonds is 4. The van der Waals surface area contributed by atoms with Crippen LogP contribution in [-0.2, 0) is 11.3 Å². The van der Waals surface area contributed by atoms with E-state index >= 15 is 0 Å². The Bertz CT molecular complexity index is 399. The molecule has 1 amide bonds. The fourth-order valence-electron chi connectivity index (χ4n) is 2.04. The van der Waals surface area contributed by atoms with Crippen molar-refractivity contribution < 1.29 is 4.79 Å². The Labute approximate surface area is 95.2 Å². The van der Waals surface area contributed by atoms with Gasteiger partial charge in [-0.05, 0) is 26.3 Å². The summed E-state index contributed by atoms with van der Waals surface area (Å²) >= 11 is 0. The third kappa shape index (κ3) is 2.09. The molecule has 88 valence electrons. The number of aromatic nitrogens is 2. The van der Waals surface area contributed by atoms with Crippen LogP contribution in [0.2, 0.25) is 0 Å². The van der Waals surface area contributed by atoms with E-state index in [2.05, 4.69) is 11.2 Å². The van der Waals surface area contributed by atoms with Crippen molar-refractivity contribution in [1.29, 1.82) is 0 Å². The number of hydrogen-bond donors (Lipinski definition) is 1. The topological polar surface area (TPSA) is 64.2 Å². The van der Waals surface area contributed by atoms with Crippen molar-refractivity contribution in [3.05, 3.63) is 17.5 Å². The summed E-state index contributed by atoms with van der Waals surface area (Å²) in [5.41, 5.74) is 7.73. The van der Waals surface area contributed by atoms with E-state index in [9.17, 15) is 4.79 Å². The zero-order chi connectivity index (χ0) is 11.7. The molecule has 0 spiro atoms. The summed E-state index contributed by atoms with van der Waals surface area (Å²) in [7, 11) is 0. The highest BCUT2D eigenvalue weighted by molar-refractivity contribution is 5.87. The number of nitrogens with two attached hydrogens (primary N) is 1. The van der Waals surface area contributed by atoms with Crippen LogP contribution in [0.15, 0.2) is 6.07 Å². The van der Waals surface area contributed by atoms with Crippen LogP contribution in [-0.4, -0.2) is 39.7 Å². The van der Waals surface area contributed by atoms with Crippen molar-refractivity contribution in [3.8, 4) is 0 Å². The lowest BCUT2D eigenvalue weighted by Crippen LogP contribution is -2.60. The summed E-state index contributed by atoms with van der Waals surface area (Å²) in [6, 6.07) is 1.80. The minimum atomic E-state index is -0.256. The lowest BCUT2D eigenvalue weighted by atomic mass is 10.1. The summed E-state index contributed by atoms with van der Waals surface area (Å²) in [4.78, 5) is 13.1. The van der Waals surface area contributed by atoms with Crippen LogP contribution >= 0.6 is 0 Å². The lowest BCUT2D eigenvalue weighted by molar-refractivity contribution is -0.142. The maximum Gasteiger partial charge on any atom is 0.241 e. The van der Waals surface area contributed by atoms with Gasteiger partial charge in [-0.15, -0.1) is 0 Å². The molecule has 1 unspecified atom stereocenters. The van der Waals surface area contributed by atoms with Gasteiger partial charge in [0.15, 0.2) is 0 Å². The summed E-state index contributed by atoms with van der Waals surface area (Å²) in [5, 5.41) is 4.37. The van der Waals surface area contributed by atoms with Crippen LogP contribution in [0.4, 0.5) is 0 Å². The fourth-order valence-corrected chi connectivity index (χ4v) is 2.04. The highest BCUT2D eigenvalue weighted by Crippen LogP contribution is 2.09. The van der Waals surface area contributed by atoms with Crippen LogP contribution in [0.3, 0.4) is 0 Å². The molecule has 0 bridgehead atoms. The maximum absolute atomic E-state index is 11.3. The number of carbonyl (C=O) groups excluding carboxylic acids is 1. The molecule has 0 saturated carbocycles. The molecular weight excluding hydrogens is 204 g/mol. The molecule has 1 aromatic rings. The van der Waals surface area contributed by atoms with Gasteiger partial charge in [0.05, 0.1) is 5.69 Å². The van der Waals surface area contributed by atoms with Gasteiger partial charge in [0.2, 0.25) is 5.91 Å². The first-order chi connectivity index (χ1) is 7.58. The van der Waals surface area contributed by atoms with E-state index in [-0.39, 0.29) is 11.9 Å². The van der Waals surface area contributed by atoms with Crippen molar-refractivity contribution in [2.75, 3.05) is 13.1 Å². The quantitative estimate of drug-likeness (QED) is 0.733. The highest BCUT2D eigenvalue weighted by Gasteiger charge is 2.32. The number of β-lactam (4-membered cyclic amide) rings is 1. The fraction of sp³-hybridized carbons (Fsp3) is 0.636. The second-order valence-corrected chi connectivity index (χ2v) is 4.39. The van der Waals surface area contributed by atoms with Gasteiger partial charge in [-0.3, -0.25) is 9.48 Å². The molecule has 0 aromatic carbocycles. The average Bonchev–Trinajstić information content (AvgIpc) is 2.56. The van der Waals surface area contributed by atoms with Crippen molar-refractivity contribution in [1.82, 2.24) is 14.7 Å². The molecule has 5 heteroatoms. The van der Waals surface area contributed by atoms with Crippen LogP contribution in [0.5, 0.6) is 0 Å². The van der Waals surface area contributed by atoms with Gasteiger partial charge >= 0.3 is 0 Å². The van der Waals surface area contributed by atoms with Crippen LogP contribution < -0.4 is 5.73 Å². The van der Waals surface area contributed by atoms with Crippen molar-refractivity contribution in [3.63, 3.8) is 0 Å². The van der Waals surface area contributed by atoms with E-state index < -0.39 is 0 Å². The molecule has 1 saturated heterocycles. The van der Waals surface area contributed by atoms with E-state index in [0.717, 1.165) is 25.2 Å². The van der Waals surface area contributed by atoms with Gasteiger partial charge in [-0.1, -0.05) is 0 Å². The smallest absolute Gasteiger partial charge is 0.241 e. The molecule has 2 heterocycles. The first-order valence-corrected chi connectivity index (χ1v) is 5.63. The Morgan fingerprint density at radius 3 is 2.75 bits per heavy atom. The van der Waals surface area contributed by atoms with Crippen molar-refractivity contribution in [2.24, 2.45) is 5.73 Å². The van der Waals surface area contributed by atoms with Crippen LogP contribution in [0.25, 0.3) is 0 Å². The predicted molar refractivity (Wildman–Crippen MR) is 60.9 cm³/mol. The molecular formula is C11H18N4O. The molecule has 1 aliphatic rings. The summed E-state index contributed by atoms with van der Waals surface area (Å²) in [5.74, 6) is 0.0772. The first-order valence-electron chi connectivity index (χ1n) is 5.63. The van der Waals surface area contributed by atoms with Gasteiger partial charge in [0, 0.05) is 25.3 Å². The Hall–Kier alpha value is -1.36. The molecule has 1 aromatic heterocycles. The monoisotopic (exact) mass is 222 g/mol. The largest absolute Gasteiger partial charge is 0.339 e. The lowest BCUT2D eigenvalue weighted by Gasteiger charge is -2.36. The number of hydrogen-bond acceptors (Lipinski definition) is 3. The van der Waals surface area contributed by atoms with Gasteiger partial charge in [-0.25, -0.2) is 0 Å². The highest BCUT2D eigenvalue weighted by atomic mass is 16.2. The Balaban J connectivity index is 1.76.